The molecule has 0 radical (unpaired) electrons. The number of hydrogen-bond donors (Lipinski definition) is 0. The van der Waals surface area contributed by atoms with Gasteiger partial charge in [-0.2, -0.15) is 5.01 Å². The molecule has 8 heteroatoms. The Morgan fingerprint density at radius 2 is 1.55 bits per heavy atom. The highest BCUT2D eigenvalue weighted by Crippen LogP contribution is 2.52. The van der Waals surface area contributed by atoms with E-state index in [2.05, 4.69) is 0 Å². The summed E-state index contributed by atoms with van der Waals surface area (Å²) in [5.74, 6) is -2.04. The average molecular weight is 417 g/mol. The Morgan fingerprint density at radius 3 is 2.10 bits per heavy atom. The summed E-state index contributed by atoms with van der Waals surface area (Å²) in [4.78, 5) is 50.4. The minimum Gasteiger partial charge on any atom is -0.272 e. The number of imide groups is 1. The fourth-order valence-electron chi connectivity index (χ4n) is 4.99. The highest BCUT2D eigenvalue weighted by molar-refractivity contribution is 6.08. The van der Waals surface area contributed by atoms with Gasteiger partial charge in [-0.05, 0) is 36.0 Å². The molecule has 1 saturated heterocycles. The summed E-state index contributed by atoms with van der Waals surface area (Å²) in [6.07, 6.45) is 4.80. The van der Waals surface area contributed by atoms with Gasteiger partial charge in [-0.1, -0.05) is 42.5 Å². The predicted molar refractivity (Wildman–Crippen MR) is 109 cm³/mol. The minimum absolute atomic E-state index is 0.0319. The Labute approximate surface area is 177 Å². The maximum absolute atomic E-state index is 13.4. The molecule has 2 aromatic carbocycles. The number of hydrogen-bond acceptors (Lipinski definition) is 5. The zero-order chi connectivity index (χ0) is 21.7. The fraction of sp³-hybridized carbons (Fsp3) is 0.261. The molecule has 1 heterocycles. The first-order chi connectivity index (χ1) is 15.0. The number of carbonyl (C=O) groups excluding carboxylic acids is 3. The predicted octanol–water partition coefficient (Wildman–Crippen LogP) is 2.96. The van der Waals surface area contributed by atoms with Crippen molar-refractivity contribution in [3.63, 3.8) is 0 Å². The summed E-state index contributed by atoms with van der Waals surface area (Å²) in [5.41, 5.74) is 0.786. The lowest BCUT2D eigenvalue weighted by atomic mass is 9.85. The van der Waals surface area contributed by atoms with E-state index in [4.69, 9.17) is 0 Å². The zero-order valence-corrected chi connectivity index (χ0v) is 16.5. The van der Waals surface area contributed by atoms with Crippen molar-refractivity contribution in [2.24, 2.45) is 23.7 Å². The third kappa shape index (κ3) is 3.02. The molecule has 0 N–H and O–H groups in total. The molecule has 3 amide bonds. The van der Waals surface area contributed by atoms with Gasteiger partial charge in [0.05, 0.1) is 23.3 Å². The molecule has 2 fully saturated rings. The molecule has 156 valence electrons. The van der Waals surface area contributed by atoms with E-state index < -0.39 is 22.7 Å². The first-order valence-corrected chi connectivity index (χ1v) is 10.1. The van der Waals surface area contributed by atoms with Gasteiger partial charge in [0.15, 0.2) is 0 Å². The van der Waals surface area contributed by atoms with Gasteiger partial charge in [-0.3, -0.25) is 24.5 Å². The Kier molecular flexibility index (Phi) is 4.43. The van der Waals surface area contributed by atoms with Crippen molar-refractivity contribution >= 4 is 23.4 Å². The number of benzene rings is 2. The number of nitro groups is 1. The molecule has 4 atom stereocenters. The topological polar surface area (TPSA) is 101 Å². The van der Waals surface area contributed by atoms with Crippen LogP contribution in [0.3, 0.4) is 0 Å². The molecular formula is C23H19N3O5. The Morgan fingerprint density at radius 1 is 0.968 bits per heavy atom. The number of hydrazine groups is 1. The molecule has 1 aliphatic heterocycles. The number of amides is 3. The van der Waals surface area contributed by atoms with Crippen LogP contribution in [0.2, 0.25) is 0 Å². The highest BCUT2D eigenvalue weighted by Gasteiger charge is 2.61. The summed E-state index contributed by atoms with van der Waals surface area (Å²) in [6, 6.07) is 14.3. The molecular weight excluding hydrogens is 398 g/mol. The van der Waals surface area contributed by atoms with E-state index in [0.717, 1.165) is 17.0 Å². The van der Waals surface area contributed by atoms with Crippen LogP contribution in [0.1, 0.15) is 22.3 Å². The normalized spacial score (nSPS) is 25.7. The van der Waals surface area contributed by atoms with Crippen molar-refractivity contribution in [3.05, 3.63) is 88.0 Å². The Hall–Kier alpha value is -3.81. The van der Waals surface area contributed by atoms with E-state index in [1.165, 1.54) is 29.3 Å². The largest absolute Gasteiger partial charge is 0.273 e. The van der Waals surface area contributed by atoms with Crippen molar-refractivity contribution in [1.29, 1.82) is 0 Å². The molecule has 3 aliphatic rings. The molecule has 2 aromatic rings. The van der Waals surface area contributed by atoms with Crippen LogP contribution in [0, 0.1) is 33.8 Å². The Bertz CT molecular complexity index is 1080. The lowest BCUT2D eigenvalue weighted by Crippen LogP contribution is -2.50. The molecule has 0 spiro atoms. The Balaban J connectivity index is 1.50. The van der Waals surface area contributed by atoms with Crippen LogP contribution in [0.15, 0.2) is 66.7 Å². The third-order valence-corrected chi connectivity index (χ3v) is 6.42. The first-order valence-electron chi connectivity index (χ1n) is 10.1. The van der Waals surface area contributed by atoms with Crippen LogP contribution >= 0.6 is 0 Å². The van der Waals surface area contributed by atoms with Gasteiger partial charge < -0.3 is 0 Å². The van der Waals surface area contributed by atoms with Crippen LogP contribution in [0.25, 0.3) is 0 Å². The smallest absolute Gasteiger partial charge is 0.272 e. The van der Waals surface area contributed by atoms with Crippen LogP contribution < -0.4 is 0 Å². The van der Waals surface area contributed by atoms with Crippen molar-refractivity contribution in [3.8, 4) is 0 Å². The number of nitro benzene ring substituents is 1. The quantitative estimate of drug-likeness (QED) is 0.322. The van der Waals surface area contributed by atoms with Crippen molar-refractivity contribution < 1.29 is 19.3 Å². The van der Waals surface area contributed by atoms with Gasteiger partial charge >= 0.3 is 0 Å². The molecule has 2 aliphatic carbocycles. The second-order valence-corrected chi connectivity index (χ2v) is 8.14. The maximum Gasteiger partial charge on any atom is 0.273 e. The van der Waals surface area contributed by atoms with Gasteiger partial charge in [-0.15, -0.1) is 0 Å². The van der Waals surface area contributed by atoms with Gasteiger partial charge in [-0.25, -0.2) is 5.01 Å². The standard InChI is InChI=1S/C23H19N3O5/c27-21(15-8-10-18(11-9-15)26(30)31)24(13-14-4-2-1-3-5-14)25-22(28)19-16-6-7-17(12-16)20(19)23(25)29/h1-11,16-17,19-20H,12-13H2/t16-,17-,19+,20+/m0/s1. The van der Waals surface area contributed by atoms with Crippen LogP contribution in [0.5, 0.6) is 0 Å². The van der Waals surface area contributed by atoms with E-state index in [1.807, 2.05) is 42.5 Å². The number of carbonyl (C=O) groups is 3. The minimum atomic E-state index is -0.555. The lowest BCUT2D eigenvalue weighted by molar-refractivity contribution is -0.384. The van der Waals surface area contributed by atoms with E-state index >= 15 is 0 Å². The highest BCUT2D eigenvalue weighted by atomic mass is 16.6. The summed E-state index contributed by atoms with van der Waals surface area (Å²) in [6.45, 7) is 0.0380. The SMILES string of the molecule is O=C(c1ccc([N+](=O)[O-])cc1)N(Cc1ccccc1)N1C(=O)[C@H]2[C@H](C1=O)[C@H]1C=C[C@H]2C1. The third-order valence-electron chi connectivity index (χ3n) is 6.42. The summed E-state index contributed by atoms with van der Waals surface area (Å²) < 4.78 is 0. The number of nitrogens with zero attached hydrogens (tertiary/aromatic N) is 3. The van der Waals surface area contributed by atoms with Crippen molar-refractivity contribution in [2.75, 3.05) is 0 Å². The van der Waals surface area contributed by atoms with E-state index in [0.29, 0.717) is 0 Å². The molecule has 2 bridgehead atoms. The van der Waals surface area contributed by atoms with Crippen molar-refractivity contribution in [2.45, 2.75) is 13.0 Å². The molecule has 31 heavy (non-hydrogen) atoms. The van der Waals surface area contributed by atoms with Crippen LogP contribution in [-0.4, -0.2) is 32.7 Å². The van der Waals surface area contributed by atoms with E-state index in [-0.39, 0.29) is 41.4 Å². The number of fused-ring (bicyclic) bond motifs is 5. The van der Waals surface area contributed by atoms with Gasteiger partial charge in [0, 0.05) is 17.7 Å². The fourth-order valence-corrected chi connectivity index (χ4v) is 4.99. The van der Waals surface area contributed by atoms with E-state index in [9.17, 15) is 24.5 Å². The maximum atomic E-state index is 13.4. The molecule has 0 unspecified atom stereocenters. The zero-order valence-electron chi connectivity index (χ0n) is 16.5. The number of non-ortho nitro benzene ring substituents is 1. The number of rotatable bonds is 5. The van der Waals surface area contributed by atoms with E-state index in [1.54, 1.807) is 0 Å². The monoisotopic (exact) mass is 417 g/mol. The lowest BCUT2D eigenvalue weighted by Gasteiger charge is -2.31. The van der Waals surface area contributed by atoms with Crippen LogP contribution in [-0.2, 0) is 16.1 Å². The molecule has 0 aromatic heterocycles. The summed E-state index contributed by atoms with van der Waals surface area (Å²) in [5, 5.41) is 13.1. The molecule has 1 saturated carbocycles. The molecule has 5 rings (SSSR count). The average Bonchev–Trinajstić information content (AvgIpc) is 3.46. The van der Waals surface area contributed by atoms with Gasteiger partial charge in [0.2, 0.25) is 0 Å². The second kappa shape index (κ2) is 7.16. The second-order valence-electron chi connectivity index (χ2n) is 8.14. The first kappa shape index (κ1) is 19.2. The number of allylic oxidation sites excluding steroid dienone is 2. The van der Waals surface area contributed by atoms with Crippen molar-refractivity contribution in [1.82, 2.24) is 10.0 Å². The summed E-state index contributed by atoms with van der Waals surface area (Å²) >= 11 is 0. The van der Waals surface area contributed by atoms with Gasteiger partial charge in [0.1, 0.15) is 0 Å². The van der Waals surface area contributed by atoms with Crippen LogP contribution in [0.4, 0.5) is 5.69 Å². The van der Waals surface area contributed by atoms with Gasteiger partial charge in [0.25, 0.3) is 23.4 Å². The molecule has 8 nitrogen and oxygen atoms in total. The summed E-state index contributed by atoms with van der Waals surface area (Å²) in [7, 11) is 0.